The Hall–Kier alpha value is -3.25. The lowest BCUT2D eigenvalue weighted by Gasteiger charge is -2.09. The van der Waals surface area contributed by atoms with Gasteiger partial charge < -0.3 is 10.4 Å². The Morgan fingerprint density at radius 1 is 1.07 bits per heavy atom. The quantitative estimate of drug-likeness (QED) is 0.511. The number of rotatable bonds is 5. The molecule has 2 aromatic heterocycles. The highest BCUT2D eigenvalue weighted by Gasteiger charge is 2.13. The van der Waals surface area contributed by atoms with Gasteiger partial charge in [0.15, 0.2) is 0 Å². The van der Waals surface area contributed by atoms with Gasteiger partial charge in [-0.15, -0.1) is 11.3 Å². The Morgan fingerprint density at radius 2 is 1.81 bits per heavy atom. The van der Waals surface area contributed by atoms with E-state index in [-0.39, 0.29) is 6.42 Å². The van der Waals surface area contributed by atoms with Gasteiger partial charge in [0.05, 0.1) is 11.8 Å². The van der Waals surface area contributed by atoms with Crippen LogP contribution >= 0.6 is 11.3 Å². The Kier molecular flexibility index (Phi) is 4.56. The molecule has 0 bridgehead atoms. The van der Waals surface area contributed by atoms with Gasteiger partial charge in [-0.25, -0.2) is 9.97 Å². The first-order valence-corrected chi connectivity index (χ1v) is 9.35. The van der Waals surface area contributed by atoms with Crippen molar-refractivity contribution in [3.05, 3.63) is 71.4 Å². The number of hydrogen-bond acceptors (Lipinski definition) is 5. The molecule has 0 atom stereocenters. The van der Waals surface area contributed by atoms with Crippen molar-refractivity contribution in [2.75, 3.05) is 5.32 Å². The molecular formula is C21H17N3O2S. The number of carbonyl (C=O) groups is 1. The van der Waals surface area contributed by atoms with E-state index in [9.17, 15) is 4.79 Å². The molecule has 2 N–H and O–H groups in total. The van der Waals surface area contributed by atoms with Crippen LogP contribution in [-0.4, -0.2) is 21.0 Å². The first-order valence-electron chi connectivity index (χ1n) is 8.47. The largest absolute Gasteiger partial charge is 0.481 e. The number of aliphatic carboxylic acids is 1. The smallest absolute Gasteiger partial charge is 0.307 e. The predicted octanol–water partition coefficient (Wildman–Crippen LogP) is 5.04. The molecule has 0 saturated heterocycles. The number of fused-ring (bicyclic) bond motifs is 1. The van der Waals surface area contributed by atoms with Gasteiger partial charge in [-0.2, -0.15) is 0 Å². The van der Waals surface area contributed by atoms with Crippen LogP contribution in [0.15, 0.2) is 60.2 Å². The number of aryl methyl sites for hydroxylation is 1. The fourth-order valence-corrected chi connectivity index (χ4v) is 3.85. The second-order valence-electron chi connectivity index (χ2n) is 6.31. The Bertz CT molecular complexity index is 1100. The van der Waals surface area contributed by atoms with E-state index in [4.69, 9.17) is 5.11 Å². The zero-order chi connectivity index (χ0) is 18.8. The maximum Gasteiger partial charge on any atom is 0.307 e. The Morgan fingerprint density at radius 3 is 2.52 bits per heavy atom. The Balaban J connectivity index is 1.70. The van der Waals surface area contributed by atoms with Gasteiger partial charge in [-0.3, -0.25) is 4.79 Å². The number of thiophene rings is 1. The number of anilines is 2. The van der Waals surface area contributed by atoms with Gasteiger partial charge in [-0.05, 0) is 30.2 Å². The minimum atomic E-state index is -0.839. The lowest BCUT2D eigenvalue weighted by atomic mass is 10.0. The standard InChI is InChI=1S/C21H17N3O2S/c1-13-2-6-15(7-3-13)17-11-27-21-19(17)20(22-12-23-21)24-16-8-4-14(5-9-16)10-18(25)26/h2-9,11-12H,10H2,1H3,(H,25,26)(H,22,23,24). The van der Waals surface area contributed by atoms with Crippen LogP contribution in [0.25, 0.3) is 21.3 Å². The zero-order valence-corrected chi connectivity index (χ0v) is 15.5. The molecule has 0 fully saturated rings. The van der Waals surface area contributed by atoms with Crippen molar-refractivity contribution >= 4 is 39.0 Å². The van der Waals surface area contributed by atoms with E-state index in [1.165, 1.54) is 5.56 Å². The maximum atomic E-state index is 10.8. The van der Waals surface area contributed by atoms with Crippen molar-refractivity contribution < 1.29 is 9.90 Å². The van der Waals surface area contributed by atoms with Gasteiger partial charge in [0.2, 0.25) is 0 Å². The van der Waals surface area contributed by atoms with Crippen LogP contribution in [0.2, 0.25) is 0 Å². The van der Waals surface area contributed by atoms with Crippen LogP contribution in [0.1, 0.15) is 11.1 Å². The first-order chi connectivity index (χ1) is 13.1. The van der Waals surface area contributed by atoms with E-state index in [2.05, 4.69) is 51.9 Å². The third-order valence-corrected chi connectivity index (χ3v) is 5.19. The van der Waals surface area contributed by atoms with Gasteiger partial charge in [0, 0.05) is 16.6 Å². The average molecular weight is 375 g/mol. The zero-order valence-electron chi connectivity index (χ0n) is 14.6. The van der Waals surface area contributed by atoms with Crippen LogP contribution in [0.5, 0.6) is 0 Å². The molecule has 0 spiro atoms. The normalized spacial score (nSPS) is 10.9. The van der Waals surface area contributed by atoms with E-state index in [1.807, 2.05) is 24.3 Å². The fourth-order valence-electron chi connectivity index (χ4n) is 2.93. The number of hydrogen-bond donors (Lipinski definition) is 2. The summed E-state index contributed by atoms with van der Waals surface area (Å²) < 4.78 is 0. The number of carboxylic acids is 1. The maximum absolute atomic E-state index is 10.8. The molecule has 0 unspecified atom stereocenters. The summed E-state index contributed by atoms with van der Waals surface area (Å²) in [4.78, 5) is 20.6. The van der Waals surface area contributed by atoms with Crippen LogP contribution in [0.3, 0.4) is 0 Å². The molecule has 0 amide bonds. The Labute approximate surface area is 160 Å². The average Bonchev–Trinajstić information content (AvgIpc) is 3.09. The minimum absolute atomic E-state index is 0.0140. The molecule has 0 radical (unpaired) electrons. The number of benzene rings is 2. The summed E-state index contributed by atoms with van der Waals surface area (Å²) in [5.74, 6) is -0.1000. The van der Waals surface area contributed by atoms with Gasteiger partial charge >= 0.3 is 5.97 Å². The monoisotopic (exact) mass is 375 g/mol. The summed E-state index contributed by atoms with van der Waals surface area (Å²) in [6.07, 6.45) is 1.57. The van der Waals surface area contributed by atoms with Crippen LogP contribution in [0.4, 0.5) is 11.5 Å². The molecule has 2 heterocycles. The molecule has 6 heteroatoms. The fraction of sp³-hybridized carbons (Fsp3) is 0.0952. The summed E-state index contributed by atoms with van der Waals surface area (Å²) in [5, 5.41) is 15.3. The first kappa shape index (κ1) is 17.2. The minimum Gasteiger partial charge on any atom is -0.481 e. The molecule has 0 saturated carbocycles. The highest BCUT2D eigenvalue weighted by Crippen LogP contribution is 2.37. The van der Waals surface area contributed by atoms with Crippen LogP contribution < -0.4 is 5.32 Å². The molecule has 2 aromatic carbocycles. The number of nitrogens with zero attached hydrogens (tertiary/aromatic N) is 2. The summed E-state index contributed by atoms with van der Waals surface area (Å²) in [6, 6.07) is 15.7. The van der Waals surface area contributed by atoms with Crippen molar-refractivity contribution in [1.29, 1.82) is 0 Å². The van der Waals surface area contributed by atoms with Crippen LogP contribution in [-0.2, 0) is 11.2 Å². The molecule has 134 valence electrons. The highest BCUT2D eigenvalue weighted by atomic mass is 32.1. The third kappa shape index (κ3) is 3.66. The van der Waals surface area contributed by atoms with Crippen molar-refractivity contribution in [1.82, 2.24) is 9.97 Å². The topological polar surface area (TPSA) is 75.1 Å². The lowest BCUT2D eigenvalue weighted by Crippen LogP contribution is -2.00. The van der Waals surface area contributed by atoms with E-state index in [1.54, 1.807) is 17.7 Å². The molecule has 0 aliphatic carbocycles. The molecule has 0 aliphatic rings. The molecule has 4 rings (SSSR count). The molecule has 5 nitrogen and oxygen atoms in total. The predicted molar refractivity (Wildman–Crippen MR) is 109 cm³/mol. The van der Waals surface area contributed by atoms with Crippen molar-refractivity contribution in [3.8, 4) is 11.1 Å². The summed E-state index contributed by atoms with van der Waals surface area (Å²) >= 11 is 1.59. The van der Waals surface area contributed by atoms with Gasteiger partial charge in [0.25, 0.3) is 0 Å². The molecule has 27 heavy (non-hydrogen) atoms. The SMILES string of the molecule is Cc1ccc(-c2csc3ncnc(Nc4ccc(CC(=O)O)cc4)c23)cc1. The third-order valence-electron chi connectivity index (χ3n) is 4.30. The van der Waals surface area contributed by atoms with Gasteiger partial charge in [-0.1, -0.05) is 42.0 Å². The van der Waals surface area contributed by atoms with E-state index in [0.29, 0.717) is 0 Å². The van der Waals surface area contributed by atoms with Gasteiger partial charge in [0.1, 0.15) is 17.0 Å². The van der Waals surface area contributed by atoms with Crippen molar-refractivity contribution in [2.24, 2.45) is 0 Å². The lowest BCUT2D eigenvalue weighted by molar-refractivity contribution is -0.136. The molecule has 0 aliphatic heterocycles. The van der Waals surface area contributed by atoms with E-state index < -0.39 is 5.97 Å². The highest BCUT2D eigenvalue weighted by molar-refractivity contribution is 7.17. The molecule has 4 aromatic rings. The van der Waals surface area contributed by atoms with E-state index in [0.717, 1.165) is 38.4 Å². The summed E-state index contributed by atoms with van der Waals surface area (Å²) in [6.45, 7) is 2.07. The summed E-state index contributed by atoms with van der Waals surface area (Å²) in [5.41, 5.74) is 5.05. The summed E-state index contributed by atoms with van der Waals surface area (Å²) in [7, 11) is 0. The second kappa shape index (κ2) is 7.17. The number of nitrogens with one attached hydrogen (secondary N) is 1. The molecular weight excluding hydrogens is 358 g/mol. The van der Waals surface area contributed by atoms with Crippen molar-refractivity contribution in [3.63, 3.8) is 0 Å². The number of carboxylic acid groups (broad SMARTS) is 1. The van der Waals surface area contributed by atoms with Crippen LogP contribution in [0, 0.1) is 6.92 Å². The second-order valence-corrected chi connectivity index (χ2v) is 7.17. The van der Waals surface area contributed by atoms with Crippen molar-refractivity contribution in [2.45, 2.75) is 13.3 Å². The van der Waals surface area contributed by atoms with E-state index >= 15 is 0 Å². The number of aromatic nitrogens is 2.